The van der Waals surface area contributed by atoms with Crippen molar-refractivity contribution in [2.75, 3.05) is 7.11 Å². The number of phenolic OH excluding ortho intramolecular Hbond substituents is 1. The van der Waals surface area contributed by atoms with Crippen LogP contribution in [0, 0.1) is 0 Å². The van der Waals surface area contributed by atoms with Gasteiger partial charge in [0.1, 0.15) is 5.75 Å². The van der Waals surface area contributed by atoms with E-state index in [-0.39, 0.29) is 12.3 Å². The lowest BCUT2D eigenvalue weighted by Gasteiger charge is -2.07. The van der Waals surface area contributed by atoms with E-state index in [1.807, 2.05) is 0 Å². The molecule has 0 saturated heterocycles. The average molecular weight is 260 g/mol. The van der Waals surface area contributed by atoms with Crippen LogP contribution in [0.1, 0.15) is 5.56 Å². The van der Waals surface area contributed by atoms with Crippen molar-refractivity contribution in [2.45, 2.75) is 6.54 Å². The molecule has 0 aromatic heterocycles. The summed E-state index contributed by atoms with van der Waals surface area (Å²) in [7, 11) is -2.88. The Morgan fingerprint density at radius 2 is 1.94 bits per heavy atom. The molecule has 0 heterocycles. The van der Waals surface area contributed by atoms with Crippen LogP contribution in [0.15, 0.2) is 24.3 Å². The number of ether oxygens (including phenoxy) is 1. The van der Waals surface area contributed by atoms with Crippen molar-refractivity contribution in [3.05, 3.63) is 29.8 Å². The molecule has 1 aromatic rings. The summed E-state index contributed by atoms with van der Waals surface area (Å²) in [6.07, 6.45) is -1.07. The highest BCUT2D eigenvalue weighted by atomic mass is 32.2. The Kier molecular flexibility index (Phi) is 4.30. The summed E-state index contributed by atoms with van der Waals surface area (Å²) in [5.74, 6) is 0.0873. The Balaban J connectivity index is 2.55. The average Bonchev–Trinajstić information content (AvgIpc) is 2.28. The quantitative estimate of drug-likeness (QED) is 0.711. The zero-order chi connectivity index (χ0) is 12.9. The van der Waals surface area contributed by atoms with Gasteiger partial charge in [-0.05, 0) is 17.7 Å². The third-order valence-electron chi connectivity index (χ3n) is 1.81. The van der Waals surface area contributed by atoms with Crippen LogP contribution in [0.5, 0.6) is 5.75 Å². The summed E-state index contributed by atoms with van der Waals surface area (Å²) in [6, 6.07) is 5.96. The first-order valence-electron chi connectivity index (χ1n) is 4.56. The molecule has 0 fully saturated rings. The van der Waals surface area contributed by atoms with Gasteiger partial charge in [-0.25, -0.2) is 9.52 Å². The second kappa shape index (κ2) is 5.51. The molecule has 7 nitrogen and oxygen atoms in total. The van der Waals surface area contributed by atoms with E-state index in [2.05, 4.69) is 9.46 Å². The minimum Gasteiger partial charge on any atom is -0.508 e. The fourth-order valence-electron chi connectivity index (χ4n) is 0.980. The van der Waals surface area contributed by atoms with E-state index in [1.165, 1.54) is 12.1 Å². The van der Waals surface area contributed by atoms with Gasteiger partial charge in [-0.2, -0.15) is 13.1 Å². The van der Waals surface area contributed by atoms with Crippen LogP contribution >= 0.6 is 0 Å². The standard InChI is InChI=1S/C9H12N2O5S/c1-16-9(13)11-17(14,15)10-6-7-2-4-8(12)5-3-7/h2-5,10,12H,6H2,1H3,(H,11,13). The molecule has 1 aromatic carbocycles. The molecule has 0 aliphatic carbocycles. The smallest absolute Gasteiger partial charge is 0.421 e. The SMILES string of the molecule is COC(=O)NS(=O)(=O)NCc1ccc(O)cc1. The number of methoxy groups -OCH3 is 1. The molecule has 8 heteroatoms. The molecule has 0 spiro atoms. The minimum atomic E-state index is -3.94. The molecule has 0 atom stereocenters. The lowest BCUT2D eigenvalue weighted by molar-refractivity contribution is 0.177. The fraction of sp³-hybridized carbons (Fsp3) is 0.222. The monoisotopic (exact) mass is 260 g/mol. The highest BCUT2D eigenvalue weighted by Gasteiger charge is 2.13. The maximum absolute atomic E-state index is 11.3. The van der Waals surface area contributed by atoms with Gasteiger partial charge < -0.3 is 9.84 Å². The Morgan fingerprint density at radius 3 is 2.47 bits per heavy atom. The summed E-state index contributed by atoms with van der Waals surface area (Å²) in [4.78, 5) is 10.7. The molecular weight excluding hydrogens is 248 g/mol. The Labute approximate surface area is 98.6 Å². The van der Waals surface area contributed by atoms with Crippen molar-refractivity contribution in [3.63, 3.8) is 0 Å². The second-order valence-corrected chi connectivity index (χ2v) is 4.58. The van der Waals surface area contributed by atoms with Crippen molar-refractivity contribution in [1.29, 1.82) is 0 Å². The van der Waals surface area contributed by atoms with Gasteiger partial charge in [0, 0.05) is 6.54 Å². The van der Waals surface area contributed by atoms with Crippen LogP contribution in [0.2, 0.25) is 0 Å². The normalized spacial score (nSPS) is 10.9. The van der Waals surface area contributed by atoms with Crippen molar-refractivity contribution in [1.82, 2.24) is 9.44 Å². The highest BCUT2D eigenvalue weighted by Crippen LogP contribution is 2.09. The van der Waals surface area contributed by atoms with Gasteiger partial charge in [0.05, 0.1) is 7.11 Å². The number of phenols is 1. The van der Waals surface area contributed by atoms with Crippen LogP contribution in [0.25, 0.3) is 0 Å². The number of amides is 1. The molecule has 0 bridgehead atoms. The topological polar surface area (TPSA) is 105 Å². The third kappa shape index (κ3) is 4.70. The van der Waals surface area contributed by atoms with Crippen molar-refractivity contribution < 1.29 is 23.1 Å². The number of nitrogens with one attached hydrogen (secondary N) is 2. The summed E-state index contributed by atoms with van der Waals surface area (Å²) < 4.78 is 30.5. The van der Waals surface area contributed by atoms with Crippen molar-refractivity contribution in [3.8, 4) is 5.75 Å². The summed E-state index contributed by atoms with van der Waals surface area (Å²) in [6.45, 7) is -0.00733. The van der Waals surface area contributed by atoms with Crippen molar-refractivity contribution >= 4 is 16.3 Å². The zero-order valence-electron chi connectivity index (χ0n) is 9.00. The van der Waals surface area contributed by atoms with E-state index in [1.54, 1.807) is 16.9 Å². The first-order valence-corrected chi connectivity index (χ1v) is 6.04. The van der Waals surface area contributed by atoms with E-state index >= 15 is 0 Å². The number of hydrogen-bond acceptors (Lipinski definition) is 5. The van der Waals surface area contributed by atoms with E-state index in [9.17, 15) is 13.2 Å². The van der Waals surface area contributed by atoms with E-state index in [4.69, 9.17) is 5.11 Å². The molecule has 0 unspecified atom stereocenters. The molecule has 0 saturated carbocycles. The van der Waals surface area contributed by atoms with Crippen LogP contribution in [0.3, 0.4) is 0 Å². The first-order chi connectivity index (χ1) is 7.93. The molecule has 0 aliphatic heterocycles. The summed E-state index contributed by atoms with van der Waals surface area (Å²) in [5.41, 5.74) is 0.637. The molecule has 0 radical (unpaired) electrons. The number of aromatic hydroxyl groups is 1. The summed E-state index contributed by atoms with van der Waals surface area (Å²) >= 11 is 0. The van der Waals surface area contributed by atoms with Gasteiger partial charge in [0.15, 0.2) is 0 Å². The van der Waals surface area contributed by atoms with Gasteiger partial charge in [-0.3, -0.25) is 0 Å². The van der Waals surface area contributed by atoms with Crippen LogP contribution in [-0.4, -0.2) is 26.7 Å². The van der Waals surface area contributed by atoms with Crippen LogP contribution in [-0.2, 0) is 21.5 Å². The molecule has 94 valence electrons. The lowest BCUT2D eigenvalue weighted by Crippen LogP contribution is -2.39. The molecule has 17 heavy (non-hydrogen) atoms. The third-order valence-corrected chi connectivity index (χ3v) is 2.77. The molecular formula is C9H12N2O5S. The number of carbonyl (C=O) groups excluding carboxylic acids is 1. The molecule has 1 rings (SSSR count). The largest absolute Gasteiger partial charge is 0.508 e. The maximum atomic E-state index is 11.3. The number of carbonyl (C=O) groups is 1. The Morgan fingerprint density at radius 1 is 1.35 bits per heavy atom. The Bertz CT molecular complexity index is 483. The second-order valence-electron chi connectivity index (χ2n) is 3.08. The maximum Gasteiger partial charge on any atom is 0.421 e. The van der Waals surface area contributed by atoms with Crippen LogP contribution < -0.4 is 9.44 Å². The Hall–Kier alpha value is -1.80. The van der Waals surface area contributed by atoms with Crippen molar-refractivity contribution in [2.24, 2.45) is 0 Å². The highest BCUT2D eigenvalue weighted by molar-refractivity contribution is 7.88. The van der Waals surface area contributed by atoms with Gasteiger partial charge in [0.25, 0.3) is 0 Å². The van der Waals surface area contributed by atoms with Crippen LogP contribution in [0.4, 0.5) is 4.79 Å². The number of hydrogen-bond donors (Lipinski definition) is 3. The van der Waals surface area contributed by atoms with Gasteiger partial charge in [0.2, 0.25) is 0 Å². The lowest BCUT2D eigenvalue weighted by atomic mass is 10.2. The van der Waals surface area contributed by atoms with Gasteiger partial charge in [-0.15, -0.1) is 0 Å². The fourth-order valence-corrected chi connectivity index (χ4v) is 1.71. The van der Waals surface area contributed by atoms with E-state index < -0.39 is 16.3 Å². The van der Waals surface area contributed by atoms with E-state index in [0.29, 0.717) is 5.56 Å². The predicted octanol–water partition coefficient (Wildman–Crippen LogP) is 0.0826. The van der Waals surface area contributed by atoms with Gasteiger partial charge in [-0.1, -0.05) is 12.1 Å². The zero-order valence-corrected chi connectivity index (χ0v) is 9.82. The first kappa shape index (κ1) is 13.3. The van der Waals surface area contributed by atoms with E-state index in [0.717, 1.165) is 7.11 Å². The number of rotatable bonds is 4. The predicted molar refractivity (Wildman–Crippen MR) is 59.4 cm³/mol. The summed E-state index contributed by atoms with van der Waals surface area (Å²) in [5, 5.41) is 9.02. The van der Waals surface area contributed by atoms with Gasteiger partial charge >= 0.3 is 16.3 Å². The molecule has 1 amide bonds. The molecule has 0 aliphatic rings. The molecule has 3 N–H and O–H groups in total. The number of benzene rings is 1. The minimum absolute atomic E-state index is 0.00733.